The quantitative estimate of drug-likeness (QED) is 0.877. The van der Waals surface area contributed by atoms with E-state index in [-0.39, 0.29) is 22.6 Å². The summed E-state index contributed by atoms with van der Waals surface area (Å²) >= 11 is 5.71. The fourth-order valence-electron chi connectivity index (χ4n) is 1.55. The molecule has 3 nitrogen and oxygen atoms in total. The molecule has 0 heterocycles. The van der Waals surface area contributed by atoms with Crippen LogP contribution in [0.4, 0.5) is 8.78 Å². The Balaban J connectivity index is 3.16. The molecule has 1 aromatic rings. The molecule has 0 radical (unpaired) electrons. The Morgan fingerprint density at radius 3 is 2.65 bits per heavy atom. The third kappa shape index (κ3) is 3.38. The second-order valence-electron chi connectivity index (χ2n) is 3.81. The first-order valence-corrected chi connectivity index (χ1v) is 5.25. The smallest absolute Gasteiger partial charge is 0.320 e. The SMILES string of the molecule is CC(F)(F)c1c(Cl)cccc1CC(N)C(=O)O. The molecule has 17 heavy (non-hydrogen) atoms. The van der Waals surface area contributed by atoms with Crippen LogP contribution in [0.15, 0.2) is 18.2 Å². The molecule has 0 aliphatic heterocycles. The highest BCUT2D eigenvalue weighted by molar-refractivity contribution is 6.31. The van der Waals surface area contributed by atoms with Crippen molar-refractivity contribution >= 4 is 17.6 Å². The van der Waals surface area contributed by atoms with Gasteiger partial charge in [-0.2, -0.15) is 0 Å². The minimum atomic E-state index is -3.13. The molecule has 0 bridgehead atoms. The fraction of sp³-hybridized carbons (Fsp3) is 0.364. The van der Waals surface area contributed by atoms with Gasteiger partial charge >= 0.3 is 5.97 Å². The monoisotopic (exact) mass is 263 g/mol. The van der Waals surface area contributed by atoms with Crippen LogP contribution >= 0.6 is 11.6 Å². The minimum absolute atomic E-state index is 0.0902. The maximum Gasteiger partial charge on any atom is 0.320 e. The predicted octanol–water partition coefficient (Wildman–Crippen LogP) is 2.41. The number of carboxylic acids is 1. The summed E-state index contributed by atoms with van der Waals surface area (Å²) in [5.41, 5.74) is 5.11. The summed E-state index contributed by atoms with van der Waals surface area (Å²) < 4.78 is 26.7. The average molecular weight is 264 g/mol. The van der Waals surface area contributed by atoms with E-state index in [1.165, 1.54) is 18.2 Å². The molecule has 0 saturated carbocycles. The highest BCUT2D eigenvalue weighted by Crippen LogP contribution is 2.35. The number of carboxylic acid groups (broad SMARTS) is 1. The van der Waals surface area contributed by atoms with Gasteiger partial charge in [0.15, 0.2) is 0 Å². The summed E-state index contributed by atoms with van der Waals surface area (Å²) in [5.74, 6) is -4.37. The lowest BCUT2D eigenvalue weighted by Crippen LogP contribution is -2.33. The predicted molar refractivity (Wildman–Crippen MR) is 60.3 cm³/mol. The van der Waals surface area contributed by atoms with Crippen molar-refractivity contribution < 1.29 is 18.7 Å². The van der Waals surface area contributed by atoms with E-state index >= 15 is 0 Å². The Kier molecular flexibility index (Phi) is 4.06. The second kappa shape index (κ2) is 4.98. The zero-order chi connectivity index (χ0) is 13.2. The molecule has 1 rings (SSSR count). The number of hydrogen-bond acceptors (Lipinski definition) is 2. The molecule has 3 N–H and O–H groups in total. The molecule has 1 atom stereocenters. The molecule has 6 heteroatoms. The van der Waals surface area contributed by atoms with E-state index in [1.54, 1.807) is 0 Å². The Morgan fingerprint density at radius 2 is 2.18 bits per heavy atom. The standard InChI is InChI=1S/C11H12ClF2NO2/c1-11(13,14)9-6(3-2-4-7(9)12)5-8(15)10(16)17/h2-4,8H,5,15H2,1H3,(H,16,17). The highest BCUT2D eigenvalue weighted by Gasteiger charge is 2.31. The molecular formula is C11H12ClF2NO2. The number of hydrogen-bond donors (Lipinski definition) is 2. The van der Waals surface area contributed by atoms with Gasteiger partial charge in [-0.3, -0.25) is 4.79 Å². The number of rotatable bonds is 4. The molecule has 0 aliphatic carbocycles. The van der Waals surface area contributed by atoms with Crippen LogP contribution < -0.4 is 5.73 Å². The summed E-state index contributed by atoms with van der Waals surface area (Å²) in [6.07, 6.45) is -0.186. The van der Waals surface area contributed by atoms with Crippen molar-refractivity contribution in [2.24, 2.45) is 5.73 Å². The van der Waals surface area contributed by atoms with Gasteiger partial charge in [0, 0.05) is 12.5 Å². The van der Waals surface area contributed by atoms with Crippen LogP contribution in [-0.2, 0) is 17.1 Å². The van der Waals surface area contributed by atoms with Crippen LogP contribution in [0.1, 0.15) is 18.1 Å². The topological polar surface area (TPSA) is 63.3 Å². The third-order valence-corrected chi connectivity index (χ3v) is 2.61. The van der Waals surface area contributed by atoms with Crippen LogP contribution in [-0.4, -0.2) is 17.1 Å². The van der Waals surface area contributed by atoms with Gasteiger partial charge in [0.05, 0.1) is 5.02 Å². The molecule has 0 spiro atoms. The van der Waals surface area contributed by atoms with Gasteiger partial charge < -0.3 is 10.8 Å². The van der Waals surface area contributed by atoms with E-state index in [0.717, 1.165) is 0 Å². The van der Waals surface area contributed by atoms with E-state index in [0.29, 0.717) is 6.92 Å². The van der Waals surface area contributed by atoms with Gasteiger partial charge in [0.25, 0.3) is 5.92 Å². The number of nitrogens with two attached hydrogens (primary N) is 1. The minimum Gasteiger partial charge on any atom is -0.480 e. The number of halogens is 3. The zero-order valence-corrected chi connectivity index (χ0v) is 9.84. The summed E-state index contributed by atoms with van der Waals surface area (Å²) in [4.78, 5) is 10.6. The summed E-state index contributed by atoms with van der Waals surface area (Å²) in [6, 6.07) is 3.00. The summed E-state index contributed by atoms with van der Waals surface area (Å²) in [5, 5.41) is 8.57. The normalized spacial score (nSPS) is 13.5. The van der Waals surface area contributed by atoms with Crippen LogP contribution in [0.2, 0.25) is 5.02 Å². The van der Waals surface area contributed by atoms with E-state index in [9.17, 15) is 13.6 Å². The molecule has 94 valence electrons. The molecule has 0 aromatic heterocycles. The average Bonchev–Trinajstić information content (AvgIpc) is 2.15. The maximum atomic E-state index is 13.4. The lowest BCUT2D eigenvalue weighted by Gasteiger charge is -2.18. The Morgan fingerprint density at radius 1 is 1.59 bits per heavy atom. The van der Waals surface area contributed by atoms with Crippen molar-refractivity contribution in [2.45, 2.75) is 25.3 Å². The van der Waals surface area contributed by atoms with Crippen molar-refractivity contribution in [2.75, 3.05) is 0 Å². The Labute approximate surface area is 102 Å². The molecule has 1 aromatic carbocycles. The van der Waals surface area contributed by atoms with Crippen molar-refractivity contribution in [1.82, 2.24) is 0 Å². The number of alkyl halides is 2. The van der Waals surface area contributed by atoms with Crippen molar-refractivity contribution in [3.05, 3.63) is 34.3 Å². The fourth-order valence-corrected chi connectivity index (χ4v) is 1.91. The van der Waals surface area contributed by atoms with Crippen LogP contribution in [0.5, 0.6) is 0 Å². The highest BCUT2D eigenvalue weighted by atomic mass is 35.5. The van der Waals surface area contributed by atoms with Gasteiger partial charge in [-0.1, -0.05) is 23.7 Å². The molecular weight excluding hydrogens is 252 g/mol. The van der Waals surface area contributed by atoms with E-state index < -0.39 is 17.9 Å². The second-order valence-corrected chi connectivity index (χ2v) is 4.22. The van der Waals surface area contributed by atoms with Gasteiger partial charge in [-0.05, 0) is 18.1 Å². The first-order valence-electron chi connectivity index (χ1n) is 4.87. The van der Waals surface area contributed by atoms with Gasteiger partial charge in [-0.25, -0.2) is 8.78 Å². The van der Waals surface area contributed by atoms with Crippen LogP contribution in [0.3, 0.4) is 0 Å². The maximum absolute atomic E-state index is 13.4. The van der Waals surface area contributed by atoms with Crippen molar-refractivity contribution in [3.8, 4) is 0 Å². The first kappa shape index (κ1) is 13.9. The number of benzene rings is 1. The van der Waals surface area contributed by atoms with Crippen LogP contribution in [0.25, 0.3) is 0 Å². The summed E-state index contributed by atoms with van der Waals surface area (Å²) in [6.45, 7) is 0.712. The van der Waals surface area contributed by atoms with Gasteiger partial charge in [0.2, 0.25) is 0 Å². The largest absolute Gasteiger partial charge is 0.480 e. The zero-order valence-electron chi connectivity index (χ0n) is 9.08. The lowest BCUT2D eigenvalue weighted by atomic mass is 9.97. The number of carbonyl (C=O) groups is 1. The molecule has 1 unspecified atom stereocenters. The van der Waals surface area contributed by atoms with E-state index in [2.05, 4.69) is 0 Å². The number of aliphatic carboxylic acids is 1. The molecule has 0 saturated heterocycles. The van der Waals surface area contributed by atoms with E-state index in [4.69, 9.17) is 22.4 Å². The lowest BCUT2D eigenvalue weighted by molar-refractivity contribution is -0.138. The Bertz CT molecular complexity index is 432. The molecule has 0 fully saturated rings. The van der Waals surface area contributed by atoms with Crippen molar-refractivity contribution in [3.63, 3.8) is 0 Å². The summed E-state index contributed by atoms with van der Waals surface area (Å²) in [7, 11) is 0. The van der Waals surface area contributed by atoms with Gasteiger partial charge in [-0.15, -0.1) is 0 Å². The van der Waals surface area contributed by atoms with Crippen molar-refractivity contribution in [1.29, 1.82) is 0 Å². The molecule has 0 aliphatic rings. The third-order valence-electron chi connectivity index (χ3n) is 2.30. The van der Waals surface area contributed by atoms with Gasteiger partial charge in [0.1, 0.15) is 6.04 Å². The first-order chi connectivity index (χ1) is 7.73. The van der Waals surface area contributed by atoms with Crippen LogP contribution in [0, 0.1) is 0 Å². The van der Waals surface area contributed by atoms with E-state index in [1.807, 2.05) is 0 Å². The molecule has 0 amide bonds. The Hall–Kier alpha value is -1.20.